The van der Waals surface area contributed by atoms with E-state index in [1.165, 1.54) is 23.8 Å². The fourth-order valence-electron chi connectivity index (χ4n) is 1.59. The molecule has 0 aliphatic rings. The molecule has 2 rings (SSSR count). The van der Waals surface area contributed by atoms with Crippen LogP contribution in [0.3, 0.4) is 0 Å². The van der Waals surface area contributed by atoms with Gasteiger partial charge in [0.05, 0.1) is 0 Å². The summed E-state index contributed by atoms with van der Waals surface area (Å²) < 4.78 is 18.6. The first kappa shape index (κ1) is 12.3. The summed E-state index contributed by atoms with van der Waals surface area (Å²) >= 11 is 0. The molecule has 0 saturated carbocycles. The van der Waals surface area contributed by atoms with Gasteiger partial charge in [0.15, 0.2) is 0 Å². The maximum absolute atomic E-state index is 13.2. The molecule has 0 heterocycles. The standard InChI is InChI=1S/C15H13FO2/c1-11-2-4-12(5-3-11)10-18-15-7-13(9-17)6-14(16)8-15/h2-9H,10H2,1H3. The van der Waals surface area contributed by atoms with Gasteiger partial charge < -0.3 is 4.74 Å². The Labute approximate surface area is 105 Å². The first-order valence-corrected chi connectivity index (χ1v) is 5.61. The zero-order valence-corrected chi connectivity index (χ0v) is 10.0. The van der Waals surface area contributed by atoms with Gasteiger partial charge in [0.2, 0.25) is 0 Å². The highest BCUT2D eigenvalue weighted by Gasteiger charge is 2.02. The molecule has 2 aromatic carbocycles. The van der Waals surface area contributed by atoms with Crippen molar-refractivity contribution in [2.45, 2.75) is 13.5 Å². The second kappa shape index (κ2) is 5.45. The van der Waals surface area contributed by atoms with Gasteiger partial charge in [-0.15, -0.1) is 0 Å². The molecule has 0 aliphatic heterocycles. The maximum Gasteiger partial charge on any atom is 0.150 e. The minimum atomic E-state index is -0.474. The summed E-state index contributed by atoms with van der Waals surface area (Å²) in [4.78, 5) is 10.6. The second-order valence-corrected chi connectivity index (χ2v) is 4.11. The van der Waals surface area contributed by atoms with Crippen LogP contribution in [0.5, 0.6) is 5.75 Å². The minimum Gasteiger partial charge on any atom is -0.489 e. The van der Waals surface area contributed by atoms with Crippen molar-refractivity contribution in [1.82, 2.24) is 0 Å². The molecule has 3 heteroatoms. The van der Waals surface area contributed by atoms with Crippen molar-refractivity contribution in [1.29, 1.82) is 0 Å². The zero-order chi connectivity index (χ0) is 13.0. The molecule has 0 saturated heterocycles. The number of aldehydes is 1. The topological polar surface area (TPSA) is 26.3 Å². The van der Waals surface area contributed by atoms with Crippen LogP contribution in [0, 0.1) is 12.7 Å². The smallest absolute Gasteiger partial charge is 0.150 e. The van der Waals surface area contributed by atoms with Crippen LogP contribution in [0.15, 0.2) is 42.5 Å². The van der Waals surface area contributed by atoms with E-state index in [-0.39, 0.29) is 5.56 Å². The van der Waals surface area contributed by atoms with E-state index in [0.717, 1.165) is 5.56 Å². The number of benzene rings is 2. The Morgan fingerprint density at radius 3 is 2.56 bits per heavy atom. The number of ether oxygens (including phenoxy) is 1. The van der Waals surface area contributed by atoms with Crippen molar-refractivity contribution in [3.05, 3.63) is 65.0 Å². The summed E-state index contributed by atoms with van der Waals surface area (Å²) in [7, 11) is 0. The Hall–Kier alpha value is -2.16. The molecule has 18 heavy (non-hydrogen) atoms. The third kappa shape index (κ3) is 3.17. The Kier molecular flexibility index (Phi) is 3.72. The molecule has 0 aliphatic carbocycles. The van der Waals surface area contributed by atoms with Gasteiger partial charge in [-0.2, -0.15) is 0 Å². The van der Waals surface area contributed by atoms with Crippen LogP contribution in [-0.4, -0.2) is 6.29 Å². The van der Waals surface area contributed by atoms with Crippen molar-refractivity contribution in [2.24, 2.45) is 0 Å². The summed E-state index contributed by atoms with van der Waals surface area (Å²) in [6, 6.07) is 11.8. The minimum absolute atomic E-state index is 0.272. The lowest BCUT2D eigenvalue weighted by Gasteiger charge is -2.07. The highest BCUT2D eigenvalue weighted by molar-refractivity contribution is 5.75. The molecule has 2 nitrogen and oxygen atoms in total. The molecule has 0 spiro atoms. The van der Waals surface area contributed by atoms with Crippen LogP contribution in [0.2, 0.25) is 0 Å². The van der Waals surface area contributed by atoms with Gasteiger partial charge in [0.1, 0.15) is 24.5 Å². The molecular formula is C15H13FO2. The normalized spacial score (nSPS) is 10.1. The van der Waals surface area contributed by atoms with Crippen molar-refractivity contribution < 1.29 is 13.9 Å². The Bertz CT molecular complexity index is 547. The molecule has 0 atom stereocenters. The number of hydrogen-bond acceptors (Lipinski definition) is 2. The van der Waals surface area contributed by atoms with Gasteiger partial charge in [0, 0.05) is 11.6 Å². The summed E-state index contributed by atoms with van der Waals surface area (Å²) in [5, 5.41) is 0. The average molecular weight is 244 g/mol. The van der Waals surface area contributed by atoms with E-state index >= 15 is 0 Å². The van der Waals surface area contributed by atoms with E-state index in [1.54, 1.807) is 0 Å². The highest BCUT2D eigenvalue weighted by atomic mass is 19.1. The molecule has 0 bridgehead atoms. The molecule has 2 aromatic rings. The van der Waals surface area contributed by atoms with Crippen LogP contribution in [0.1, 0.15) is 21.5 Å². The molecule has 0 radical (unpaired) electrons. The van der Waals surface area contributed by atoms with E-state index in [1.807, 2.05) is 31.2 Å². The fraction of sp³-hybridized carbons (Fsp3) is 0.133. The third-order valence-corrected chi connectivity index (χ3v) is 2.56. The lowest BCUT2D eigenvalue weighted by molar-refractivity contribution is 0.112. The summed E-state index contributed by atoms with van der Waals surface area (Å²) in [6.45, 7) is 2.36. The Balaban J connectivity index is 2.08. The van der Waals surface area contributed by atoms with Gasteiger partial charge in [-0.05, 0) is 24.6 Å². The lowest BCUT2D eigenvalue weighted by Crippen LogP contribution is -1.96. The summed E-state index contributed by atoms with van der Waals surface area (Å²) in [5.41, 5.74) is 2.44. The molecule has 0 N–H and O–H groups in total. The highest BCUT2D eigenvalue weighted by Crippen LogP contribution is 2.17. The van der Waals surface area contributed by atoms with E-state index < -0.39 is 5.82 Å². The number of halogens is 1. The first-order chi connectivity index (χ1) is 8.67. The van der Waals surface area contributed by atoms with Gasteiger partial charge >= 0.3 is 0 Å². The van der Waals surface area contributed by atoms with Crippen molar-refractivity contribution in [3.8, 4) is 5.75 Å². The molecule has 0 aromatic heterocycles. The van der Waals surface area contributed by atoms with E-state index in [2.05, 4.69) is 0 Å². The van der Waals surface area contributed by atoms with Crippen molar-refractivity contribution in [3.63, 3.8) is 0 Å². The molecule has 0 unspecified atom stereocenters. The summed E-state index contributed by atoms with van der Waals surface area (Å²) in [6.07, 6.45) is 0.599. The largest absolute Gasteiger partial charge is 0.489 e. The van der Waals surface area contributed by atoms with Gasteiger partial charge in [0.25, 0.3) is 0 Å². The average Bonchev–Trinajstić information content (AvgIpc) is 2.37. The fourth-order valence-corrected chi connectivity index (χ4v) is 1.59. The summed E-state index contributed by atoms with van der Waals surface area (Å²) in [5.74, 6) is -0.115. The number of hydrogen-bond donors (Lipinski definition) is 0. The third-order valence-electron chi connectivity index (χ3n) is 2.56. The SMILES string of the molecule is Cc1ccc(COc2cc(F)cc(C=O)c2)cc1. The van der Waals surface area contributed by atoms with E-state index in [0.29, 0.717) is 18.6 Å². The van der Waals surface area contributed by atoms with Crippen LogP contribution in [-0.2, 0) is 6.61 Å². The first-order valence-electron chi connectivity index (χ1n) is 5.61. The zero-order valence-electron chi connectivity index (χ0n) is 10.0. The van der Waals surface area contributed by atoms with Gasteiger partial charge in [-0.25, -0.2) is 4.39 Å². The second-order valence-electron chi connectivity index (χ2n) is 4.11. The Morgan fingerprint density at radius 2 is 1.89 bits per heavy atom. The van der Waals surface area contributed by atoms with Crippen molar-refractivity contribution in [2.75, 3.05) is 0 Å². The number of carbonyl (C=O) groups excluding carboxylic acids is 1. The molecular weight excluding hydrogens is 231 g/mol. The Morgan fingerprint density at radius 1 is 1.17 bits per heavy atom. The number of rotatable bonds is 4. The van der Waals surface area contributed by atoms with Crippen LogP contribution >= 0.6 is 0 Å². The van der Waals surface area contributed by atoms with Gasteiger partial charge in [-0.3, -0.25) is 4.79 Å². The molecule has 0 fully saturated rings. The quantitative estimate of drug-likeness (QED) is 0.769. The lowest BCUT2D eigenvalue weighted by atomic mass is 10.2. The van der Waals surface area contributed by atoms with Crippen LogP contribution in [0.4, 0.5) is 4.39 Å². The predicted molar refractivity (Wildman–Crippen MR) is 67.3 cm³/mol. The van der Waals surface area contributed by atoms with E-state index in [9.17, 15) is 9.18 Å². The van der Waals surface area contributed by atoms with Crippen LogP contribution < -0.4 is 4.74 Å². The van der Waals surface area contributed by atoms with Gasteiger partial charge in [-0.1, -0.05) is 29.8 Å². The van der Waals surface area contributed by atoms with E-state index in [4.69, 9.17) is 4.74 Å². The predicted octanol–water partition coefficient (Wildman–Crippen LogP) is 3.53. The molecule has 92 valence electrons. The monoisotopic (exact) mass is 244 g/mol. The number of aryl methyl sites for hydroxylation is 1. The molecule has 0 amide bonds. The van der Waals surface area contributed by atoms with Crippen molar-refractivity contribution >= 4 is 6.29 Å². The maximum atomic E-state index is 13.2. The van der Waals surface area contributed by atoms with Crippen LogP contribution in [0.25, 0.3) is 0 Å². The number of carbonyl (C=O) groups is 1.